The molecule has 0 saturated heterocycles. The molecule has 0 fully saturated rings. The second kappa shape index (κ2) is 7.61. The molecule has 128 valence electrons. The number of carbonyl (C=O) groups excluding carboxylic acids is 1. The number of aromatic nitrogens is 3. The van der Waals surface area contributed by atoms with Gasteiger partial charge in [0.05, 0.1) is 18.3 Å². The lowest BCUT2D eigenvalue weighted by Crippen LogP contribution is -2.24. The molecule has 0 unspecified atom stereocenters. The molecule has 2 heterocycles. The van der Waals surface area contributed by atoms with Crippen molar-refractivity contribution in [2.45, 2.75) is 13.1 Å². The van der Waals surface area contributed by atoms with Gasteiger partial charge in [-0.15, -0.1) is 0 Å². The number of rotatable bonds is 6. The lowest BCUT2D eigenvalue weighted by Gasteiger charge is -2.15. The van der Waals surface area contributed by atoms with Crippen molar-refractivity contribution in [2.24, 2.45) is 0 Å². The van der Waals surface area contributed by atoms with Crippen LogP contribution in [0.15, 0.2) is 61.1 Å². The van der Waals surface area contributed by atoms with Crippen LogP contribution in [-0.2, 0) is 13.1 Å². The molecule has 3 rings (SSSR count). The number of hydrogen-bond donors (Lipinski definition) is 1. The standard InChI is InChI=1S/C19H21N5O/c1-23(2)18-16(9-6-10-20-18)11-21-19(25)17-12-22-24(14-17)13-15-7-4-3-5-8-15/h3-10,12,14H,11,13H2,1-2H3,(H,21,25). The molecular weight excluding hydrogens is 314 g/mol. The summed E-state index contributed by atoms with van der Waals surface area (Å²) < 4.78 is 1.76. The van der Waals surface area contributed by atoms with E-state index >= 15 is 0 Å². The van der Waals surface area contributed by atoms with Crippen LogP contribution in [0.1, 0.15) is 21.5 Å². The van der Waals surface area contributed by atoms with Gasteiger partial charge in [0.2, 0.25) is 0 Å². The number of hydrogen-bond acceptors (Lipinski definition) is 4. The van der Waals surface area contributed by atoms with E-state index in [1.54, 1.807) is 23.3 Å². The average Bonchev–Trinajstić information content (AvgIpc) is 3.09. The molecule has 0 spiro atoms. The number of benzene rings is 1. The fourth-order valence-corrected chi connectivity index (χ4v) is 2.59. The molecule has 0 aliphatic rings. The van der Waals surface area contributed by atoms with Crippen molar-refractivity contribution in [3.05, 3.63) is 77.7 Å². The molecule has 6 heteroatoms. The zero-order chi connectivity index (χ0) is 17.6. The SMILES string of the molecule is CN(C)c1ncccc1CNC(=O)c1cnn(Cc2ccccc2)c1. The smallest absolute Gasteiger partial charge is 0.254 e. The third-order valence-electron chi connectivity index (χ3n) is 3.81. The zero-order valence-electron chi connectivity index (χ0n) is 14.4. The van der Waals surface area contributed by atoms with Gasteiger partial charge in [-0.3, -0.25) is 9.48 Å². The van der Waals surface area contributed by atoms with Crippen LogP contribution in [0.5, 0.6) is 0 Å². The lowest BCUT2D eigenvalue weighted by atomic mass is 10.2. The summed E-state index contributed by atoms with van der Waals surface area (Å²) in [6, 6.07) is 13.9. The number of pyridine rings is 1. The van der Waals surface area contributed by atoms with E-state index in [1.807, 2.05) is 61.5 Å². The molecule has 0 saturated carbocycles. The molecule has 2 aromatic heterocycles. The van der Waals surface area contributed by atoms with Crippen molar-refractivity contribution >= 4 is 11.7 Å². The summed E-state index contributed by atoms with van der Waals surface area (Å²) in [5.74, 6) is 0.704. The van der Waals surface area contributed by atoms with Crippen LogP contribution in [0.4, 0.5) is 5.82 Å². The van der Waals surface area contributed by atoms with Gasteiger partial charge in [0.1, 0.15) is 5.82 Å². The number of nitrogens with one attached hydrogen (secondary N) is 1. The Kier molecular flexibility index (Phi) is 5.09. The first kappa shape index (κ1) is 16.7. The Balaban J connectivity index is 1.63. The predicted octanol–water partition coefficient (Wildman–Crippen LogP) is 2.32. The number of carbonyl (C=O) groups is 1. The van der Waals surface area contributed by atoms with E-state index in [4.69, 9.17) is 0 Å². The molecule has 0 aliphatic heterocycles. The van der Waals surface area contributed by atoms with Gasteiger partial charge in [0.25, 0.3) is 5.91 Å². The van der Waals surface area contributed by atoms with Crippen molar-refractivity contribution in [3.8, 4) is 0 Å². The zero-order valence-corrected chi connectivity index (χ0v) is 14.4. The highest BCUT2D eigenvalue weighted by Gasteiger charge is 2.11. The maximum absolute atomic E-state index is 12.4. The van der Waals surface area contributed by atoms with E-state index in [0.717, 1.165) is 16.9 Å². The van der Waals surface area contributed by atoms with Crippen molar-refractivity contribution in [1.82, 2.24) is 20.1 Å². The fraction of sp³-hybridized carbons (Fsp3) is 0.211. The minimum Gasteiger partial charge on any atom is -0.362 e. The van der Waals surface area contributed by atoms with Gasteiger partial charge in [-0.1, -0.05) is 36.4 Å². The first-order valence-corrected chi connectivity index (χ1v) is 8.09. The largest absolute Gasteiger partial charge is 0.362 e. The van der Waals surface area contributed by atoms with Gasteiger partial charge in [-0.2, -0.15) is 5.10 Å². The summed E-state index contributed by atoms with van der Waals surface area (Å²) in [5.41, 5.74) is 2.66. The second-order valence-corrected chi connectivity index (χ2v) is 5.98. The Hall–Kier alpha value is -3.15. The first-order valence-electron chi connectivity index (χ1n) is 8.09. The van der Waals surface area contributed by atoms with E-state index in [9.17, 15) is 4.79 Å². The topological polar surface area (TPSA) is 63.1 Å². The van der Waals surface area contributed by atoms with Gasteiger partial charge >= 0.3 is 0 Å². The summed E-state index contributed by atoms with van der Waals surface area (Å²) in [4.78, 5) is 18.6. The highest BCUT2D eigenvalue weighted by atomic mass is 16.1. The molecular formula is C19H21N5O. The minimum absolute atomic E-state index is 0.145. The monoisotopic (exact) mass is 335 g/mol. The number of nitrogens with zero attached hydrogens (tertiary/aromatic N) is 4. The van der Waals surface area contributed by atoms with Gasteiger partial charge in [0.15, 0.2) is 0 Å². The Bertz CT molecular complexity index is 842. The fourth-order valence-electron chi connectivity index (χ4n) is 2.59. The molecule has 1 aromatic carbocycles. The highest BCUT2D eigenvalue weighted by Crippen LogP contribution is 2.14. The number of anilines is 1. The number of amides is 1. The molecule has 0 bridgehead atoms. The van der Waals surface area contributed by atoms with Gasteiger partial charge in [-0.05, 0) is 11.6 Å². The maximum atomic E-state index is 12.4. The van der Waals surface area contributed by atoms with Gasteiger partial charge in [-0.25, -0.2) is 4.98 Å². The average molecular weight is 335 g/mol. The van der Waals surface area contributed by atoms with Crippen molar-refractivity contribution in [1.29, 1.82) is 0 Å². The van der Waals surface area contributed by atoms with Crippen LogP contribution in [0.25, 0.3) is 0 Å². The Labute approximate surface area is 147 Å². The molecule has 25 heavy (non-hydrogen) atoms. The summed E-state index contributed by atoms with van der Waals surface area (Å²) in [6.07, 6.45) is 5.10. The van der Waals surface area contributed by atoms with E-state index in [2.05, 4.69) is 15.4 Å². The Morgan fingerprint density at radius 2 is 1.96 bits per heavy atom. The summed E-state index contributed by atoms with van der Waals surface area (Å²) in [5, 5.41) is 7.20. The van der Waals surface area contributed by atoms with E-state index < -0.39 is 0 Å². The van der Waals surface area contributed by atoms with Crippen LogP contribution >= 0.6 is 0 Å². The third kappa shape index (κ3) is 4.23. The Morgan fingerprint density at radius 1 is 1.16 bits per heavy atom. The van der Waals surface area contributed by atoms with Crippen LogP contribution in [0.2, 0.25) is 0 Å². The Morgan fingerprint density at radius 3 is 2.72 bits per heavy atom. The van der Waals surface area contributed by atoms with E-state index in [1.165, 1.54) is 0 Å². The molecule has 1 N–H and O–H groups in total. The molecule has 0 aliphatic carbocycles. The summed E-state index contributed by atoms with van der Waals surface area (Å²) >= 11 is 0. The highest BCUT2D eigenvalue weighted by molar-refractivity contribution is 5.93. The van der Waals surface area contributed by atoms with Crippen molar-refractivity contribution < 1.29 is 4.79 Å². The molecule has 0 radical (unpaired) electrons. The molecule has 3 aromatic rings. The van der Waals surface area contributed by atoms with Gasteiger partial charge in [0, 0.05) is 38.6 Å². The third-order valence-corrected chi connectivity index (χ3v) is 3.81. The van der Waals surface area contributed by atoms with Gasteiger partial charge < -0.3 is 10.2 Å². The van der Waals surface area contributed by atoms with Crippen LogP contribution in [0, 0.1) is 0 Å². The quantitative estimate of drug-likeness (QED) is 0.751. The lowest BCUT2D eigenvalue weighted by molar-refractivity contribution is 0.0951. The normalized spacial score (nSPS) is 10.5. The van der Waals surface area contributed by atoms with Crippen LogP contribution < -0.4 is 10.2 Å². The molecule has 6 nitrogen and oxygen atoms in total. The summed E-state index contributed by atoms with van der Waals surface area (Å²) in [6.45, 7) is 1.06. The van der Waals surface area contributed by atoms with Crippen molar-refractivity contribution in [3.63, 3.8) is 0 Å². The van der Waals surface area contributed by atoms with Crippen LogP contribution in [0.3, 0.4) is 0 Å². The minimum atomic E-state index is -0.145. The molecule has 1 amide bonds. The maximum Gasteiger partial charge on any atom is 0.254 e. The predicted molar refractivity (Wildman–Crippen MR) is 97.5 cm³/mol. The van der Waals surface area contributed by atoms with E-state index in [-0.39, 0.29) is 5.91 Å². The molecule has 0 atom stereocenters. The second-order valence-electron chi connectivity index (χ2n) is 5.98. The van der Waals surface area contributed by atoms with E-state index in [0.29, 0.717) is 18.7 Å². The van der Waals surface area contributed by atoms with Crippen LogP contribution in [-0.4, -0.2) is 34.8 Å². The van der Waals surface area contributed by atoms with Crippen molar-refractivity contribution in [2.75, 3.05) is 19.0 Å². The first-order chi connectivity index (χ1) is 12.1. The summed E-state index contributed by atoms with van der Waals surface area (Å²) in [7, 11) is 3.86.